The number of hydrogen-bond donors (Lipinski definition) is 0. The maximum Gasteiger partial charge on any atom is -0.0360 e. The zero-order chi connectivity index (χ0) is 9.68. The Bertz CT molecular complexity index is 126. The molecule has 0 aromatic heterocycles. The van der Waals surface area contributed by atoms with Crippen molar-refractivity contribution in [2.75, 3.05) is 0 Å². The van der Waals surface area contributed by atoms with E-state index in [0.717, 1.165) is 17.8 Å². The lowest BCUT2D eigenvalue weighted by Gasteiger charge is -2.39. The summed E-state index contributed by atoms with van der Waals surface area (Å²) in [7, 11) is 0. The second kappa shape index (κ2) is 7.31. The minimum absolute atomic E-state index is 0. The van der Waals surface area contributed by atoms with Gasteiger partial charge < -0.3 is 0 Å². The van der Waals surface area contributed by atoms with Crippen molar-refractivity contribution in [3.63, 3.8) is 0 Å². The van der Waals surface area contributed by atoms with Crippen LogP contribution in [0.3, 0.4) is 0 Å². The van der Waals surface area contributed by atoms with Gasteiger partial charge in [-0.3, -0.25) is 0 Å². The van der Waals surface area contributed by atoms with Crippen molar-refractivity contribution in [2.24, 2.45) is 17.8 Å². The molecule has 0 aromatic carbocycles. The summed E-state index contributed by atoms with van der Waals surface area (Å²) in [5.41, 5.74) is 0. The molecule has 2 rings (SSSR count). The average Bonchev–Trinajstić information content (AvgIpc) is 2.22. The van der Waals surface area contributed by atoms with E-state index in [4.69, 9.17) is 0 Å². The molecule has 2 fully saturated rings. The zero-order valence-corrected chi connectivity index (χ0v) is 9.68. The van der Waals surface area contributed by atoms with E-state index in [9.17, 15) is 0 Å². The van der Waals surface area contributed by atoms with E-state index < -0.39 is 0 Å². The predicted octanol–water partition coefficient (Wildman–Crippen LogP) is 5.28. The van der Waals surface area contributed by atoms with E-state index in [2.05, 4.69) is 6.92 Å². The second-order valence-electron chi connectivity index (χ2n) is 4.62. The normalized spacial score (nSPS) is 35.8. The van der Waals surface area contributed by atoms with Gasteiger partial charge in [-0.1, -0.05) is 66.7 Å². The molecule has 0 bridgehead atoms. The third-order valence-corrected chi connectivity index (χ3v) is 3.93. The highest BCUT2D eigenvalue weighted by Crippen LogP contribution is 2.43. The number of fused-ring (bicyclic) bond motifs is 1. The molecule has 0 N–H and O–H groups in total. The van der Waals surface area contributed by atoms with Crippen LogP contribution in [-0.4, -0.2) is 0 Å². The maximum absolute atomic E-state index is 2.47. The molecule has 14 heavy (non-hydrogen) atoms. The van der Waals surface area contributed by atoms with Crippen LogP contribution in [0.1, 0.15) is 73.1 Å². The number of hydrogen-bond acceptors (Lipinski definition) is 0. The van der Waals surface area contributed by atoms with E-state index in [1.54, 1.807) is 19.3 Å². The lowest BCUT2D eigenvalue weighted by molar-refractivity contribution is 0.114. The van der Waals surface area contributed by atoms with E-state index in [0.29, 0.717) is 0 Å². The molecule has 2 aliphatic carbocycles. The van der Waals surface area contributed by atoms with Crippen molar-refractivity contribution < 1.29 is 0 Å². The molecule has 0 radical (unpaired) electrons. The molecule has 86 valence electrons. The third kappa shape index (κ3) is 3.29. The summed E-state index contributed by atoms with van der Waals surface area (Å²) < 4.78 is 0. The summed E-state index contributed by atoms with van der Waals surface area (Å²) in [6, 6.07) is 0. The standard InChI is InChI=1S/C11H20.C2H6.CH4/c1-9-5-4-7-10-6-2-3-8-11(9)10;1-2;/h9-11H,2-8H2,1H3;1-2H3;1H4. The summed E-state index contributed by atoms with van der Waals surface area (Å²) in [6.45, 7) is 6.47. The summed E-state index contributed by atoms with van der Waals surface area (Å²) in [4.78, 5) is 0. The lowest BCUT2D eigenvalue weighted by Crippen LogP contribution is -2.29. The van der Waals surface area contributed by atoms with E-state index in [1.807, 2.05) is 13.8 Å². The van der Waals surface area contributed by atoms with Crippen LogP contribution in [0.15, 0.2) is 0 Å². The molecule has 0 saturated heterocycles. The molecule has 2 aliphatic rings. The van der Waals surface area contributed by atoms with E-state index in [1.165, 1.54) is 25.7 Å². The van der Waals surface area contributed by atoms with E-state index >= 15 is 0 Å². The Hall–Kier alpha value is 0. The Labute approximate surface area is 91.5 Å². The fourth-order valence-corrected chi connectivity index (χ4v) is 3.26. The highest BCUT2D eigenvalue weighted by Gasteiger charge is 2.31. The molecule has 0 heteroatoms. The SMILES string of the molecule is C.CC.CC1CCCC2CCCCC12. The largest absolute Gasteiger partial charge is 0.0776 e. The maximum atomic E-state index is 2.47. The lowest BCUT2D eigenvalue weighted by atomic mass is 9.66. The first kappa shape index (κ1) is 14.0. The second-order valence-corrected chi connectivity index (χ2v) is 4.62. The minimum atomic E-state index is 0. The molecule has 0 aliphatic heterocycles. The molecule has 3 unspecified atom stereocenters. The Morgan fingerprint density at radius 3 is 2.00 bits per heavy atom. The smallest absolute Gasteiger partial charge is 0.0360 e. The van der Waals surface area contributed by atoms with Gasteiger partial charge >= 0.3 is 0 Å². The van der Waals surface area contributed by atoms with Crippen LogP contribution >= 0.6 is 0 Å². The van der Waals surface area contributed by atoms with Crippen molar-refractivity contribution in [1.82, 2.24) is 0 Å². The summed E-state index contributed by atoms with van der Waals surface area (Å²) in [5, 5.41) is 0. The quantitative estimate of drug-likeness (QED) is 0.497. The molecular weight excluding hydrogens is 168 g/mol. The molecule has 0 spiro atoms. The molecule has 0 nitrogen and oxygen atoms in total. The topological polar surface area (TPSA) is 0 Å². The molecular formula is C14H30. The Morgan fingerprint density at radius 2 is 1.36 bits per heavy atom. The monoisotopic (exact) mass is 198 g/mol. The van der Waals surface area contributed by atoms with Gasteiger partial charge in [0.05, 0.1) is 0 Å². The first-order chi connectivity index (χ1) is 6.38. The molecule has 2 saturated carbocycles. The van der Waals surface area contributed by atoms with Crippen molar-refractivity contribution in [2.45, 2.75) is 73.1 Å². The fourth-order valence-electron chi connectivity index (χ4n) is 3.26. The van der Waals surface area contributed by atoms with Gasteiger partial charge in [-0.15, -0.1) is 0 Å². The summed E-state index contributed by atoms with van der Waals surface area (Å²) in [5.74, 6) is 3.30. The van der Waals surface area contributed by atoms with Gasteiger partial charge in [-0.2, -0.15) is 0 Å². The van der Waals surface area contributed by atoms with Gasteiger partial charge in [0.2, 0.25) is 0 Å². The molecule has 0 amide bonds. The van der Waals surface area contributed by atoms with Gasteiger partial charge in [0.15, 0.2) is 0 Å². The zero-order valence-electron chi connectivity index (χ0n) is 9.68. The van der Waals surface area contributed by atoms with Crippen LogP contribution in [0.4, 0.5) is 0 Å². The van der Waals surface area contributed by atoms with Crippen LogP contribution in [0.2, 0.25) is 0 Å². The number of rotatable bonds is 0. The molecule has 0 heterocycles. The van der Waals surface area contributed by atoms with Crippen molar-refractivity contribution in [3.8, 4) is 0 Å². The van der Waals surface area contributed by atoms with Crippen LogP contribution in [0.25, 0.3) is 0 Å². The van der Waals surface area contributed by atoms with Gasteiger partial charge in [0, 0.05) is 0 Å². The summed E-state index contributed by atoms with van der Waals surface area (Å²) >= 11 is 0. The van der Waals surface area contributed by atoms with Crippen LogP contribution in [0.5, 0.6) is 0 Å². The fraction of sp³-hybridized carbons (Fsp3) is 1.00. The highest BCUT2D eigenvalue weighted by molar-refractivity contribution is 4.82. The van der Waals surface area contributed by atoms with Crippen molar-refractivity contribution in [1.29, 1.82) is 0 Å². The van der Waals surface area contributed by atoms with Gasteiger partial charge in [0.25, 0.3) is 0 Å². The predicted molar refractivity (Wildman–Crippen MR) is 66.5 cm³/mol. The van der Waals surface area contributed by atoms with Crippen LogP contribution in [-0.2, 0) is 0 Å². The van der Waals surface area contributed by atoms with Crippen molar-refractivity contribution >= 4 is 0 Å². The van der Waals surface area contributed by atoms with Gasteiger partial charge in [-0.05, 0) is 24.2 Å². The first-order valence-electron chi connectivity index (χ1n) is 6.38. The average molecular weight is 198 g/mol. The highest BCUT2D eigenvalue weighted by atomic mass is 14.4. The van der Waals surface area contributed by atoms with Crippen LogP contribution < -0.4 is 0 Å². The van der Waals surface area contributed by atoms with Gasteiger partial charge in [0.1, 0.15) is 0 Å². The molecule has 3 atom stereocenters. The van der Waals surface area contributed by atoms with Crippen LogP contribution in [0, 0.1) is 17.8 Å². The van der Waals surface area contributed by atoms with E-state index in [-0.39, 0.29) is 7.43 Å². The Morgan fingerprint density at radius 1 is 0.786 bits per heavy atom. The third-order valence-electron chi connectivity index (χ3n) is 3.93. The Balaban J connectivity index is 0.000000531. The Kier molecular flexibility index (Phi) is 7.31. The minimum Gasteiger partial charge on any atom is -0.0776 e. The van der Waals surface area contributed by atoms with Gasteiger partial charge in [-0.25, -0.2) is 0 Å². The first-order valence-corrected chi connectivity index (χ1v) is 6.38. The summed E-state index contributed by atoms with van der Waals surface area (Å²) in [6.07, 6.45) is 10.7. The van der Waals surface area contributed by atoms with Crippen molar-refractivity contribution in [3.05, 3.63) is 0 Å². The molecule has 0 aromatic rings.